The van der Waals surface area contributed by atoms with Gasteiger partial charge < -0.3 is 15.5 Å². The first kappa shape index (κ1) is 18.1. The minimum absolute atomic E-state index is 0.178. The molecule has 0 spiro atoms. The van der Waals surface area contributed by atoms with E-state index >= 15 is 0 Å². The third-order valence-electron chi connectivity index (χ3n) is 3.35. The van der Waals surface area contributed by atoms with E-state index in [0.717, 1.165) is 0 Å². The van der Waals surface area contributed by atoms with Crippen LogP contribution in [0.1, 0.15) is 26.4 Å². The van der Waals surface area contributed by atoms with Crippen molar-refractivity contribution in [3.63, 3.8) is 0 Å². The summed E-state index contributed by atoms with van der Waals surface area (Å²) in [7, 11) is 3.83. The van der Waals surface area contributed by atoms with Crippen LogP contribution in [0.3, 0.4) is 0 Å². The van der Waals surface area contributed by atoms with Crippen molar-refractivity contribution >= 4 is 17.5 Å². The summed E-state index contributed by atoms with van der Waals surface area (Å²) in [6.07, 6.45) is 1.42. The lowest BCUT2D eigenvalue weighted by atomic mass is 10.2. The summed E-state index contributed by atoms with van der Waals surface area (Å²) in [5, 5.41) is 14.3. The maximum Gasteiger partial charge on any atom is 0.269 e. The van der Waals surface area contributed by atoms with Gasteiger partial charge in [0.05, 0.1) is 11.6 Å². The quantitative estimate of drug-likeness (QED) is 0.832. The van der Waals surface area contributed by atoms with Crippen LogP contribution in [-0.4, -0.2) is 48.9 Å². The van der Waals surface area contributed by atoms with E-state index in [1.165, 1.54) is 18.3 Å². The van der Waals surface area contributed by atoms with Crippen LogP contribution in [0.15, 0.2) is 42.6 Å². The molecule has 128 valence electrons. The van der Waals surface area contributed by atoms with Crippen LogP contribution in [0.2, 0.25) is 0 Å². The minimum atomic E-state index is -0.375. The summed E-state index contributed by atoms with van der Waals surface area (Å²) in [6.45, 7) is 1.20. The molecule has 0 radical (unpaired) electrons. The Labute approximate surface area is 146 Å². The molecule has 0 saturated carbocycles. The molecule has 0 saturated heterocycles. The number of amides is 2. The molecule has 2 amide bonds. The molecule has 2 N–H and O–H groups in total. The highest BCUT2D eigenvalue weighted by atomic mass is 16.2. The van der Waals surface area contributed by atoms with Gasteiger partial charge in [0.2, 0.25) is 0 Å². The number of likely N-dealkylation sites (N-methyl/N-ethyl adjacent to an activating group) is 1. The van der Waals surface area contributed by atoms with Gasteiger partial charge in [-0.25, -0.2) is 0 Å². The molecule has 0 unspecified atom stereocenters. The fraction of sp³-hybridized carbons (Fsp3) is 0.222. The van der Waals surface area contributed by atoms with Crippen LogP contribution < -0.4 is 10.6 Å². The van der Waals surface area contributed by atoms with Crippen LogP contribution in [0.4, 0.5) is 5.69 Å². The zero-order valence-corrected chi connectivity index (χ0v) is 14.1. The number of pyridine rings is 1. The zero-order chi connectivity index (χ0) is 18.2. The predicted octanol–water partition coefficient (Wildman–Crippen LogP) is 1.50. The topological polar surface area (TPSA) is 98.1 Å². The van der Waals surface area contributed by atoms with Gasteiger partial charge in [-0.15, -0.1) is 0 Å². The van der Waals surface area contributed by atoms with Gasteiger partial charge in [0.25, 0.3) is 11.8 Å². The second-order valence-electron chi connectivity index (χ2n) is 5.64. The smallest absolute Gasteiger partial charge is 0.269 e. The summed E-state index contributed by atoms with van der Waals surface area (Å²) in [5.41, 5.74) is 1.46. The zero-order valence-electron chi connectivity index (χ0n) is 14.1. The van der Waals surface area contributed by atoms with Crippen molar-refractivity contribution in [2.75, 3.05) is 32.5 Å². The maximum atomic E-state index is 12.3. The van der Waals surface area contributed by atoms with Crippen LogP contribution >= 0.6 is 0 Å². The van der Waals surface area contributed by atoms with E-state index in [1.807, 2.05) is 25.1 Å². The summed E-state index contributed by atoms with van der Waals surface area (Å²) in [5.74, 6) is -0.706. The molecule has 0 aliphatic rings. The Kier molecular flexibility index (Phi) is 6.20. The van der Waals surface area contributed by atoms with Crippen molar-refractivity contribution in [3.8, 4) is 6.07 Å². The minimum Gasteiger partial charge on any atom is -0.349 e. The van der Waals surface area contributed by atoms with Crippen molar-refractivity contribution in [1.82, 2.24) is 15.2 Å². The number of nitrogens with zero attached hydrogens (tertiary/aromatic N) is 3. The Morgan fingerprint density at radius 1 is 1.20 bits per heavy atom. The molecule has 1 aromatic carbocycles. The van der Waals surface area contributed by atoms with E-state index in [2.05, 4.69) is 15.6 Å². The Morgan fingerprint density at radius 2 is 2.00 bits per heavy atom. The van der Waals surface area contributed by atoms with E-state index < -0.39 is 0 Å². The van der Waals surface area contributed by atoms with Crippen LogP contribution in [-0.2, 0) is 0 Å². The molecule has 7 nitrogen and oxygen atoms in total. The second kappa shape index (κ2) is 8.57. The molecule has 0 aliphatic heterocycles. The van der Waals surface area contributed by atoms with E-state index in [-0.39, 0.29) is 17.5 Å². The molecule has 7 heteroatoms. The van der Waals surface area contributed by atoms with Gasteiger partial charge in [0, 0.05) is 30.5 Å². The normalized spacial score (nSPS) is 10.2. The number of aromatic nitrogens is 1. The predicted molar refractivity (Wildman–Crippen MR) is 94.2 cm³/mol. The molecule has 1 aromatic heterocycles. The van der Waals surface area contributed by atoms with Gasteiger partial charge in [-0.3, -0.25) is 14.6 Å². The SMILES string of the molecule is CN(C)CCNC(=O)c1cc(C(=O)Nc2cccc(C#N)c2)ccn1. The van der Waals surface area contributed by atoms with Gasteiger partial charge in [-0.05, 0) is 44.4 Å². The molecule has 0 aliphatic carbocycles. The van der Waals surface area contributed by atoms with Crippen molar-refractivity contribution in [2.45, 2.75) is 0 Å². The number of anilines is 1. The van der Waals surface area contributed by atoms with Crippen molar-refractivity contribution in [1.29, 1.82) is 5.26 Å². The third kappa shape index (κ3) is 5.41. The molecule has 0 fully saturated rings. The highest BCUT2D eigenvalue weighted by Crippen LogP contribution is 2.12. The number of hydrogen-bond acceptors (Lipinski definition) is 5. The Bertz CT molecular complexity index is 811. The number of carbonyl (C=O) groups is 2. The molecule has 2 aromatic rings. The average Bonchev–Trinajstić information content (AvgIpc) is 2.61. The molecule has 1 heterocycles. The van der Waals surface area contributed by atoms with Gasteiger partial charge in [-0.1, -0.05) is 6.07 Å². The molecule has 0 atom stereocenters. The highest BCUT2D eigenvalue weighted by Gasteiger charge is 2.12. The van der Waals surface area contributed by atoms with Gasteiger partial charge in [-0.2, -0.15) is 5.26 Å². The van der Waals surface area contributed by atoms with Crippen molar-refractivity contribution in [3.05, 3.63) is 59.4 Å². The van der Waals surface area contributed by atoms with Crippen LogP contribution in [0.25, 0.3) is 0 Å². The number of carbonyl (C=O) groups excluding carboxylic acids is 2. The summed E-state index contributed by atoms with van der Waals surface area (Å²) < 4.78 is 0. The molecule has 0 bridgehead atoms. The summed E-state index contributed by atoms with van der Waals surface area (Å²) in [6, 6.07) is 11.6. The van der Waals surface area contributed by atoms with Crippen LogP contribution in [0.5, 0.6) is 0 Å². The number of benzene rings is 1. The molecular weight excluding hydrogens is 318 g/mol. The van der Waals surface area contributed by atoms with Crippen LogP contribution in [0, 0.1) is 11.3 Å². The Balaban J connectivity index is 2.05. The van der Waals surface area contributed by atoms with Gasteiger partial charge >= 0.3 is 0 Å². The molecule has 25 heavy (non-hydrogen) atoms. The van der Waals surface area contributed by atoms with E-state index in [4.69, 9.17) is 5.26 Å². The fourth-order valence-corrected chi connectivity index (χ4v) is 2.05. The third-order valence-corrected chi connectivity index (χ3v) is 3.35. The monoisotopic (exact) mass is 337 g/mol. The lowest BCUT2D eigenvalue weighted by molar-refractivity contribution is 0.0946. The van der Waals surface area contributed by atoms with Gasteiger partial charge in [0.1, 0.15) is 5.69 Å². The lowest BCUT2D eigenvalue weighted by Crippen LogP contribution is -2.32. The maximum absolute atomic E-state index is 12.3. The number of nitrogens with one attached hydrogen (secondary N) is 2. The van der Waals surface area contributed by atoms with Crippen molar-refractivity contribution < 1.29 is 9.59 Å². The summed E-state index contributed by atoms with van der Waals surface area (Å²) >= 11 is 0. The largest absolute Gasteiger partial charge is 0.349 e. The summed E-state index contributed by atoms with van der Waals surface area (Å²) in [4.78, 5) is 30.4. The standard InChI is InChI=1S/C18H19N5O2/c1-23(2)9-8-21-18(25)16-11-14(6-7-20-16)17(24)22-15-5-3-4-13(10-15)12-19/h3-7,10-11H,8-9H2,1-2H3,(H,21,25)(H,22,24). The Morgan fingerprint density at radius 3 is 2.72 bits per heavy atom. The number of rotatable bonds is 6. The molecular formula is C18H19N5O2. The van der Waals surface area contributed by atoms with E-state index in [1.54, 1.807) is 24.3 Å². The number of nitriles is 1. The molecule has 2 rings (SSSR count). The Hall–Kier alpha value is -3.24. The first-order chi connectivity index (χ1) is 12.0. The second-order valence-corrected chi connectivity index (χ2v) is 5.64. The van der Waals surface area contributed by atoms with Gasteiger partial charge in [0.15, 0.2) is 0 Å². The fourth-order valence-electron chi connectivity index (χ4n) is 2.05. The number of hydrogen-bond donors (Lipinski definition) is 2. The highest BCUT2D eigenvalue weighted by molar-refractivity contribution is 6.05. The first-order valence-corrected chi connectivity index (χ1v) is 7.70. The van der Waals surface area contributed by atoms with E-state index in [0.29, 0.717) is 29.9 Å². The van der Waals surface area contributed by atoms with E-state index in [9.17, 15) is 9.59 Å². The lowest BCUT2D eigenvalue weighted by Gasteiger charge is -2.10. The first-order valence-electron chi connectivity index (χ1n) is 7.70. The van der Waals surface area contributed by atoms with Crippen molar-refractivity contribution in [2.24, 2.45) is 0 Å². The average molecular weight is 337 g/mol.